The molecule has 0 bridgehead atoms. The Labute approximate surface area is 192 Å². The van der Waals surface area contributed by atoms with Crippen LogP contribution in [0.1, 0.15) is 57.4 Å². The average molecular weight is 457 g/mol. The summed E-state index contributed by atoms with van der Waals surface area (Å²) in [4.78, 5) is 0. The van der Waals surface area contributed by atoms with Crippen LogP contribution in [-0.2, 0) is 0 Å². The normalized spacial score (nSPS) is 18.4. The molecule has 0 aromatic heterocycles. The Bertz CT molecular complexity index is 1120. The van der Waals surface area contributed by atoms with Gasteiger partial charge >= 0.3 is 0 Å². The van der Waals surface area contributed by atoms with Crippen molar-refractivity contribution in [1.82, 2.24) is 0 Å². The fourth-order valence-electron chi connectivity index (χ4n) is 4.84. The Balaban J connectivity index is 1.58. The van der Waals surface area contributed by atoms with Gasteiger partial charge in [0.25, 0.3) is 0 Å². The van der Waals surface area contributed by atoms with Crippen LogP contribution in [0.25, 0.3) is 22.3 Å². The third-order valence-corrected chi connectivity index (χ3v) is 6.83. The van der Waals surface area contributed by atoms with Gasteiger partial charge in [0.2, 0.25) is 5.82 Å². The smallest absolute Gasteiger partial charge is 0.201 e. The second-order valence-electron chi connectivity index (χ2n) is 8.71. The first kappa shape index (κ1) is 23.3. The number of ether oxygens (including phenoxy) is 1. The largest absolute Gasteiger partial charge is 0.491 e. The summed E-state index contributed by atoms with van der Waals surface area (Å²) in [5.74, 6) is -3.11. The minimum Gasteiger partial charge on any atom is -0.491 e. The summed E-state index contributed by atoms with van der Waals surface area (Å²) in [6.07, 6.45) is 4.99. The zero-order valence-corrected chi connectivity index (χ0v) is 18.9. The average Bonchev–Trinajstić information content (AvgIpc) is 2.84. The van der Waals surface area contributed by atoms with Gasteiger partial charge in [0, 0.05) is 11.1 Å². The minimum absolute atomic E-state index is 0.0521. The van der Waals surface area contributed by atoms with E-state index < -0.39 is 23.3 Å². The van der Waals surface area contributed by atoms with Gasteiger partial charge in [0.1, 0.15) is 0 Å². The van der Waals surface area contributed by atoms with Crippen molar-refractivity contribution in [3.05, 3.63) is 77.4 Å². The molecule has 1 nitrogen and oxygen atoms in total. The van der Waals surface area contributed by atoms with Crippen molar-refractivity contribution in [2.24, 2.45) is 5.92 Å². The third-order valence-electron chi connectivity index (χ3n) is 6.83. The van der Waals surface area contributed by atoms with Gasteiger partial charge in [-0.3, -0.25) is 0 Å². The zero-order valence-electron chi connectivity index (χ0n) is 18.9. The number of halogens is 4. The van der Waals surface area contributed by atoms with Crippen LogP contribution in [0.15, 0.2) is 48.5 Å². The molecule has 1 fully saturated rings. The summed E-state index contributed by atoms with van der Waals surface area (Å²) in [6.45, 7) is 4.09. The highest BCUT2D eigenvalue weighted by Gasteiger charge is 2.26. The van der Waals surface area contributed by atoms with E-state index in [9.17, 15) is 13.2 Å². The topological polar surface area (TPSA) is 9.23 Å². The van der Waals surface area contributed by atoms with E-state index in [2.05, 4.69) is 6.92 Å². The molecule has 0 unspecified atom stereocenters. The maximum atomic E-state index is 15.0. The lowest BCUT2D eigenvalue weighted by molar-refractivity contribution is 0.312. The molecule has 1 aliphatic carbocycles. The van der Waals surface area contributed by atoms with Crippen molar-refractivity contribution in [2.45, 2.75) is 51.9 Å². The van der Waals surface area contributed by atoms with Gasteiger partial charge in [-0.05, 0) is 73.3 Å². The number of rotatable bonds is 6. The van der Waals surface area contributed by atoms with Crippen molar-refractivity contribution in [3.8, 4) is 28.0 Å². The maximum Gasteiger partial charge on any atom is 0.201 e. The number of hydrogen-bond acceptors (Lipinski definition) is 1. The van der Waals surface area contributed by atoms with Crippen LogP contribution in [0.4, 0.5) is 17.6 Å². The van der Waals surface area contributed by atoms with Crippen LogP contribution in [0.3, 0.4) is 0 Å². The Morgan fingerprint density at radius 2 is 1.21 bits per heavy atom. The van der Waals surface area contributed by atoms with Gasteiger partial charge in [-0.15, -0.1) is 0 Å². The summed E-state index contributed by atoms with van der Waals surface area (Å²) in [5, 5.41) is 0. The van der Waals surface area contributed by atoms with Gasteiger partial charge in [0.15, 0.2) is 23.2 Å². The minimum atomic E-state index is -1.05. The lowest BCUT2D eigenvalue weighted by atomic mass is 9.77. The molecule has 0 atom stereocenters. The van der Waals surface area contributed by atoms with Gasteiger partial charge in [0.05, 0.1) is 6.61 Å². The summed E-state index contributed by atoms with van der Waals surface area (Å²) < 4.78 is 63.8. The van der Waals surface area contributed by atoms with Crippen LogP contribution < -0.4 is 4.74 Å². The SMILES string of the molecule is CCOc1ccc(-c2ccc(-c3ccc(C4CCC(CC)CC4)c(F)c3F)cc2)c(F)c1F. The van der Waals surface area contributed by atoms with Crippen molar-refractivity contribution >= 4 is 0 Å². The number of benzene rings is 3. The van der Waals surface area contributed by atoms with Crippen LogP contribution >= 0.6 is 0 Å². The standard InChI is InChI=1S/C28H28F4O/c1-3-17-5-7-18(8-6-17)21-13-14-22(26(30)25(21)29)19-9-11-20(12-10-19)23-15-16-24(33-4-2)28(32)27(23)31/h9-18H,3-8H2,1-2H3. The molecule has 3 aromatic carbocycles. The van der Waals surface area contributed by atoms with Gasteiger partial charge in [-0.1, -0.05) is 49.7 Å². The third kappa shape index (κ3) is 4.64. The summed E-state index contributed by atoms with van der Waals surface area (Å²) in [5.41, 5.74) is 1.59. The Morgan fingerprint density at radius 1 is 0.667 bits per heavy atom. The molecule has 5 heteroatoms. The van der Waals surface area contributed by atoms with E-state index in [0.29, 0.717) is 22.6 Å². The van der Waals surface area contributed by atoms with Crippen molar-refractivity contribution < 1.29 is 22.3 Å². The highest BCUT2D eigenvalue weighted by molar-refractivity contribution is 5.71. The second kappa shape index (κ2) is 9.98. The quantitative estimate of drug-likeness (QED) is 0.337. The Hall–Kier alpha value is -2.82. The molecule has 0 spiro atoms. The van der Waals surface area contributed by atoms with Gasteiger partial charge in [-0.2, -0.15) is 4.39 Å². The molecular formula is C28H28F4O. The lowest BCUT2D eigenvalue weighted by Gasteiger charge is -2.28. The van der Waals surface area contributed by atoms with E-state index in [1.165, 1.54) is 12.1 Å². The molecule has 0 saturated heterocycles. The van der Waals surface area contributed by atoms with E-state index in [1.807, 2.05) is 0 Å². The van der Waals surface area contributed by atoms with E-state index in [-0.39, 0.29) is 29.4 Å². The fraction of sp³-hybridized carbons (Fsp3) is 0.357. The molecule has 0 aliphatic heterocycles. The highest BCUT2D eigenvalue weighted by Crippen LogP contribution is 2.40. The lowest BCUT2D eigenvalue weighted by Crippen LogP contribution is -2.14. The summed E-state index contributed by atoms with van der Waals surface area (Å²) >= 11 is 0. The van der Waals surface area contributed by atoms with Gasteiger partial charge in [-0.25, -0.2) is 13.2 Å². The van der Waals surface area contributed by atoms with E-state index >= 15 is 4.39 Å². The molecule has 3 aromatic rings. The van der Waals surface area contributed by atoms with Crippen molar-refractivity contribution in [1.29, 1.82) is 0 Å². The van der Waals surface area contributed by atoms with Crippen molar-refractivity contribution in [2.75, 3.05) is 6.61 Å². The first-order chi connectivity index (χ1) is 15.9. The molecule has 0 amide bonds. The maximum absolute atomic E-state index is 15.0. The van der Waals surface area contributed by atoms with Crippen LogP contribution in [0, 0.1) is 29.2 Å². The Morgan fingerprint density at radius 3 is 1.76 bits per heavy atom. The monoisotopic (exact) mass is 456 g/mol. The Kier molecular flexibility index (Phi) is 7.06. The van der Waals surface area contributed by atoms with E-state index in [1.54, 1.807) is 43.3 Å². The van der Waals surface area contributed by atoms with E-state index in [4.69, 9.17) is 4.74 Å². The number of hydrogen-bond donors (Lipinski definition) is 0. The summed E-state index contributed by atoms with van der Waals surface area (Å²) in [6, 6.07) is 12.5. The van der Waals surface area contributed by atoms with Gasteiger partial charge < -0.3 is 4.74 Å². The molecule has 0 radical (unpaired) electrons. The second-order valence-corrected chi connectivity index (χ2v) is 8.71. The molecule has 0 N–H and O–H groups in total. The van der Waals surface area contributed by atoms with Crippen molar-refractivity contribution in [3.63, 3.8) is 0 Å². The molecule has 174 valence electrons. The molecule has 33 heavy (non-hydrogen) atoms. The molecule has 4 rings (SSSR count). The van der Waals surface area contributed by atoms with Crippen LogP contribution in [0.5, 0.6) is 5.75 Å². The molecule has 0 heterocycles. The predicted octanol–water partition coefficient (Wildman–Crippen LogP) is 8.66. The van der Waals surface area contributed by atoms with Crippen LogP contribution in [0.2, 0.25) is 0 Å². The first-order valence-electron chi connectivity index (χ1n) is 11.6. The molecule has 1 saturated carbocycles. The highest BCUT2D eigenvalue weighted by atomic mass is 19.2. The first-order valence-corrected chi connectivity index (χ1v) is 11.6. The van der Waals surface area contributed by atoms with E-state index in [0.717, 1.165) is 32.1 Å². The zero-order chi connectivity index (χ0) is 23.5. The van der Waals surface area contributed by atoms with Crippen LogP contribution in [-0.4, -0.2) is 6.61 Å². The molecular weight excluding hydrogens is 428 g/mol. The molecule has 1 aliphatic rings. The predicted molar refractivity (Wildman–Crippen MR) is 123 cm³/mol. The fourth-order valence-corrected chi connectivity index (χ4v) is 4.84. The summed E-state index contributed by atoms with van der Waals surface area (Å²) in [7, 11) is 0.